The normalized spacial score (nSPS) is 41.7. The van der Waals surface area contributed by atoms with Crippen molar-refractivity contribution < 1.29 is 0 Å². The second-order valence-corrected chi connectivity index (χ2v) is 7.08. The molecule has 0 N–H and O–H groups in total. The molecule has 0 saturated heterocycles. The molecule has 2 rings (SSSR count). The molecule has 1 heteroatoms. The zero-order chi connectivity index (χ0) is 10.9. The standard InChI is InChI=1S/C14H24S/c1-11-4-5-13(10-11)12-6-8-14(2,15-3)9-7-12/h10-12H,4-9H2,1-3H3. The molecular formula is C14H24S. The first-order valence-electron chi connectivity index (χ1n) is 6.39. The Morgan fingerprint density at radius 3 is 2.40 bits per heavy atom. The third-order valence-electron chi connectivity index (χ3n) is 4.45. The first-order chi connectivity index (χ1) is 7.13. The maximum Gasteiger partial charge on any atom is 0.0129 e. The van der Waals surface area contributed by atoms with Crippen molar-refractivity contribution in [1.29, 1.82) is 0 Å². The summed E-state index contributed by atoms with van der Waals surface area (Å²) in [5, 5.41) is 0. The maximum atomic E-state index is 2.56. The Labute approximate surface area is 98.9 Å². The Kier molecular flexibility index (Phi) is 3.49. The molecule has 0 aromatic rings. The van der Waals surface area contributed by atoms with Crippen molar-refractivity contribution in [2.45, 2.75) is 57.1 Å². The predicted molar refractivity (Wildman–Crippen MR) is 70.4 cm³/mol. The lowest BCUT2D eigenvalue weighted by atomic mass is 9.78. The van der Waals surface area contributed by atoms with Crippen molar-refractivity contribution in [3.8, 4) is 0 Å². The fraction of sp³-hybridized carbons (Fsp3) is 0.857. The average molecular weight is 224 g/mol. The van der Waals surface area contributed by atoms with Crippen LogP contribution in [0.1, 0.15) is 52.4 Å². The summed E-state index contributed by atoms with van der Waals surface area (Å²) in [6.45, 7) is 4.81. The van der Waals surface area contributed by atoms with E-state index in [4.69, 9.17) is 0 Å². The van der Waals surface area contributed by atoms with Crippen LogP contribution in [-0.2, 0) is 0 Å². The monoisotopic (exact) mass is 224 g/mol. The van der Waals surface area contributed by atoms with Gasteiger partial charge >= 0.3 is 0 Å². The lowest BCUT2D eigenvalue weighted by Crippen LogP contribution is -2.27. The molecule has 0 aliphatic heterocycles. The molecule has 86 valence electrons. The summed E-state index contributed by atoms with van der Waals surface area (Å²) in [5.41, 5.74) is 1.80. The molecule has 1 fully saturated rings. The molecule has 0 aromatic carbocycles. The summed E-state index contributed by atoms with van der Waals surface area (Å²) >= 11 is 2.07. The summed E-state index contributed by atoms with van der Waals surface area (Å²) in [6.07, 6.45) is 13.4. The van der Waals surface area contributed by atoms with Gasteiger partial charge in [-0.2, -0.15) is 11.8 Å². The Hall–Kier alpha value is 0.0900. The second-order valence-electron chi connectivity index (χ2n) is 5.69. The molecule has 1 atom stereocenters. The van der Waals surface area contributed by atoms with Gasteiger partial charge in [-0.25, -0.2) is 0 Å². The van der Waals surface area contributed by atoms with Crippen LogP contribution in [0.25, 0.3) is 0 Å². The Bertz CT molecular complexity index is 246. The van der Waals surface area contributed by atoms with Crippen LogP contribution < -0.4 is 0 Å². The van der Waals surface area contributed by atoms with Crippen molar-refractivity contribution in [3.63, 3.8) is 0 Å². The van der Waals surface area contributed by atoms with Crippen molar-refractivity contribution >= 4 is 11.8 Å². The van der Waals surface area contributed by atoms with E-state index < -0.39 is 0 Å². The van der Waals surface area contributed by atoms with Crippen molar-refractivity contribution in [3.05, 3.63) is 11.6 Å². The lowest BCUT2D eigenvalue weighted by Gasteiger charge is -2.36. The van der Waals surface area contributed by atoms with Gasteiger partial charge in [-0.1, -0.05) is 25.5 Å². The molecule has 15 heavy (non-hydrogen) atoms. The van der Waals surface area contributed by atoms with E-state index in [1.807, 2.05) is 0 Å². The number of hydrogen-bond acceptors (Lipinski definition) is 1. The van der Waals surface area contributed by atoms with Crippen molar-refractivity contribution in [2.24, 2.45) is 11.8 Å². The number of allylic oxidation sites excluding steroid dienone is 2. The van der Waals surface area contributed by atoms with E-state index in [1.165, 1.54) is 38.5 Å². The van der Waals surface area contributed by atoms with Crippen molar-refractivity contribution in [2.75, 3.05) is 6.26 Å². The van der Waals surface area contributed by atoms with Gasteiger partial charge < -0.3 is 0 Å². The van der Waals surface area contributed by atoms with E-state index in [-0.39, 0.29) is 0 Å². The summed E-state index contributed by atoms with van der Waals surface area (Å²) in [4.78, 5) is 0. The molecule has 0 radical (unpaired) electrons. The van der Waals surface area contributed by atoms with Crippen LogP contribution in [0, 0.1) is 11.8 Å². The maximum absolute atomic E-state index is 2.56. The minimum absolute atomic E-state index is 0.585. The van der Waals surface area contributed by atoms with E-state index in [0.29, 0.717) is 4.75 Å². The number of thioether (sulfide) groups is 1. The van der Waals surface area contributed by atoms with Crippen LogP contribution in [0.3, 0.4) is 0 Å². The molecule has 0 aromatic heterocycles. The highest BCUT2D eigenvalue weighted by Crippen LogP contribution is 2.44. The van der Waals surface area contributed by atoms with Gasteiger partial charge in [0.05, 0.1) is 0 Å². The Balaban J connectivity index is 1.91. The van der Waals surface area contributed by atoms with E-state index in [9.17, 15) is 0 Å². The third-order valence-corrected chi connectivity index (χ3v) is 5.84. The highest BCUT2D eigenvalue weighted by molar-refractivity contribution is 7.99. The molecule has 2 aliphatic carbocycles. The average Bonchev–Trinajstić information content (AvgIpc) is 2.66. The molecule has 0 bridgehead atoms. The van der Waals surface area contributed by atoms with Gasteiger partial charge in [-0.3, -0.25) is 0 Å². The third kappa shape index (κ3) is 2.61. The molecule has 1 unspecified atom stereocenters. The zero-order valence-corrected chi connectivity index (χ0v) is 11.2. The van der Waals surface area contributed by atoms with Crippen LogP contribution in [0.15, 0.2) is 11.6 Å². The first kappa shape index (κ1) is 11.6. The summed E-state index contributed by atoms with van der Waals surface area (Å²) < 4.78 is 0.585. The summed E-state index contributed by atoms with van der Waals surface area (Å²) in [5.74, 6) is 1.80. The topological polar surface area (TPSA) is 0 Å². The Morgan fingerprint density at radius 1 is 1.27 bits per heavy atom. The summed E-state index contributed by atoms with van der Waals surface area (Å²) in [7, 11) is 0. The van der Waals surface area contributed by atoms with Gasteiger partial charge in [-0.05, 0) is 56.6 Å². The Morgan fingerprint density at radius 2 is 1.93 bits per heavy atom. The fourth-order valence-corrected chi connectivity index (χ4v) is 3.71. The minimum Gasteiger partial charge on any atom is -0.159 e. The quantitative estimate of drug-likeness (QED) is 0.615. The van der Waals surface area contributed by atoms with E-state index in [2.05, 4.69) is 37.9 Å². The van der Waals surface area contributed by atoms with Gasteiger partial charge in [-0.15, -0.1) is 0 Å². The SMILES string of the molecule is CSC1(C)CCC(C2=CC(C)CC2)CC1. The van der Waals surface area contributed by atoms with E-state index in [1.54, 1.807) is 5.57 Å². The zero-order valence-electron chi connectivity index (χ0n) is 10.4. The van der Waals surface area contributed by atoms with Crippen LogP contribution in [0.2, 0.25) is 0 Å². The van der Waals surface area contributed by atoms with Gasteiger partial charge in [0.1, 0.15) is 0 Å². The first-order valence-corrected chi connectivity index (χ1v) is 7.61. The van der Waals surface area contributed by atoms with E-state index >= 15 is 0 Å². The largest absolute Gasteiger partial charge is 0.159 e. The van der Waals surface area contributed by atoms with Crippen LogP contribution in [0.5, 0.6) is 0 Å². The fourth-order valence-electron chi connectivity index (χ4n) is 3.07. The molecular weight excluding hydrogens is 200 g/mol. The predicted octanol–water partition coefficient (Wildman–Crippen LogP) is 4.65. The molecule has 0 nitrogen and oxygen atoms in total. The highest BCUT2D eigenvalue weighted by Gasteiger charge is 2.32. The van der Waals surface area contributed by atoms with Crippen LogP contribution >= 0.6 is 11.8 Å². The lowest BCUT2D eigenvalue weighted by molar-refractivity contribution is 0.345. The van der Waals surface area contributed by atoms with Gasteiger partial charge in [0.25, 0.3) is 0 Å². The van der Waals surface area contributed by atoms with Gasteiger partial charge in [0, 0.05) is 4.75 Å². The minimum atomic E-state index is 0.585. The number of rotatable bonds is 2. The highest BCUT2D eigenvalue weighted by atomic mass is 32.2. The molecule has 0 amide bonds. The summed E-state index contributed by atoms with van der Waals surface area (Å²) in [6, 6.07) is 0. The molecule has 0 spiro atoms. The number of hydrogen-bond donors (Lipinski definition) is 0. The smallest absolute Gasteiger partial charge is 0.0129 e. The van der Waals surface area contributed by atoms with Crippen molar-refractivity contribution in [1.82, 2.24) is 0 Å². The van der Waals surface area contributed by atoms with E-state index in [0.717, 1.165) is 11.8 Å². The van der Waals surface area contributed by atoms with Crippen LogP contribution in [0.4, 0.5) is 0 Å². The molecule has 2 aliphatic rings. The van der Waals surface area contributed by atoms with Gasteiger partial charge in [0.2, 0.25) is 0 Å². The second kappa shape index (κ2) is 4.53. The van der Waals surface area contributed by atoms with Crippen LogP contribution in [-0.4, -0.2) is 11.0 Å². The molecule has 1 saturated carbocycles. The van der Waals surface area contributed by atoms with Gasteiger partial charge in [0.15, 0.2) is 0 Å². The molecule has 0 heterocycles.